The standard InChI is InChI=1S/C14H20ClNO2/c1-12-11-13(15)3-4-14(12)18-8-2-5-16-6-9-17-10-7-16/h3-4,11H,2,5-10H2,1H3. The van der Waals surface area contributed by atoms with Crippen LogP contribution < -0.4 is 4.74 Å². The monoisotopic (exact) mass is 269 g/mol. The lowest BCUT2D eigenvalue weighted by molar-refractivity contribution is 0.0358. The van der Waals surface area contributed by atoms with Gasteiger partial charge in [0.15, 0.2) is 0 Å². The Bertz CT molecular complexity index is 378. The van der Waals surface area contributed by atoms with Crippen LogP contribution >= 0.6 is 11.6 Å². The summed E-state index contributed by atoms with van der Waals surface area (Å²) in [5, 5.41) is 0.758. The molecule has 1 aliphatic rings. The number of rotatable bonds is 5. The van der Waals surface area contributed by atoms with Crippen LogP contribution in [0.1, 0.15) is 12.0 Å². The van der Waals surface area contributed by atoms with Crippen molar-refractivity contribution in [1.29, 1.82) is 0 Å². The van der Waals surface area contributed by atoms with E-state index in [1.807, 2.05) is 25.1 Å². The van der Waals surface area contributed by atoms with Crippen molar-refractivity contribution in [2.75, 3.05) is 39.5 Å². The molecule has 0 radical (unpaired) electrons. The van der Waals surface area contributed by atoms with Gasteiger partial charge in [-0.1, -0.05) is 11.6 Å². The van der Waals surface area contributed by atoms with Crippen LogP contribution in [-0.2, 0) is 4.74 Å². The van der Waals surface area contributed by atoms with Crippen LogP contribution in [-0.4, -0.2) is 44.4 Å². The van der Waals surface area contributed by atoms with Gasteiger partial charge in [-0.25, -0.2) is 0 Å². The van der Waals surface area contributed by atoms with Gasteiger partial charge in [-0.05, 0) is 37.1 Å². The molecule has 1 heterocycles. The SMILES string of the molecule is Cc1cc(Cl)ccc1OCCCN1CCOCC1. The molecule has 0 bridgehead atoms. The second-order valence-corrected chi connectivity index (χ2v) is 5.00. The molecule has 0 saturated carbocycles. The summed E-state index contributed by atoms with van der Waals surface area (Å²) in [7, 11) is 0. The van der Waals surface area contributed by atoms with Gasteiger partial charge in [0.05, 0.1) is 19.8 Å². The first kappa shape index (κ1) is 13.7. The number of benzene rings is 1. The van der Waals surface area contributed by atoms with Gasteiger partial charge in [-0.3, -0.25) is 4.90 Å². The van der Waals surface area contributed by atoms with Crippen LogP contribution in [0.4, 0.5) is 0 Å². The molecule has 1 aromatic rings. The molecule has 0 aliphatic carbocycles. The number of hydrogen-bond acceptors (Lipinski definition) is 3. The normalized spacial score (nSPS) is 16.8. The fourth-order valence-electron chi connectivity index (χ4n) is 2.07. The third kappa shape index (κ3) is 4.16. The van der Waals surface area contributed by atoms with E-state index in [9.17, 15) is 0 Å². The molecule has 0 amide bonds. The molecular weight excluding hydrogens is 250 g/mol. The van der Waals surface area contributed by atoms with Gasteiger partial charge in [0.25, 0.3) is 0 Å². The molecule has 4 heteroatoms. The highest BCUT2D eigenvalue weighted by atomic mass is 35.5. The van der Waals surface area contributed by atoms with Crippen molar-refractivity contribution >= 4 is 11.6 Å². The first-order valence-corrected chi connectivity index (χ1v) is 6.82. The van der Waals surface area contributed by atoms with E-state index in [-0.39, 0.29) is 0 Å². The van der Waals surface area contributed by atoms with Gasteiger partial charge in [-0.15, -0.1) is 0 Å². The maximum absolute atomic E-state index is 5.91. The lowest BCUT2D eigenvalue weighted by atomic mass is 10.2. The minimum atomic E-state index is 0.750. The van der Waals surface area contributed by atoms with E-state index in [1.54, 1.807) is 0 Å². The summed E-state index contributed by atoms with van der Waals surface area (Å²) in [5.41, 5.74) is 1.09. The van der Waals surface area contributed by atoms with Crippen molar-refractivity contribution in [2.24, 2.45) is 0 Å². The molecule has 0 atom stereocenters. The Balaban J connectivity index is 1.68. The van der Waals surface area contributed by atoms with Crippen LogP contribution in [0.2, 0.25) is 5.02 Å². The van der Waals surface area contributed by atoms with Crippen LogP contribution in [0.5, 0.6) is 5.75 Å². The van der Waals surface area contributed by atoms with Crippen molar-refractivity contribution in [3.8, 4) is 5.75 Å². The first-order chi connectivity index (χ1) is 8.75. The molecule has 1 aliphatic heterocycles. The Hall–Kier alpha value is -0.770. The molecule has 1 saturated heterocycles. The fourth-order valence-corrected chi connectivity index (χ4v) is 2.30. The Morgan fingerprint density at radius 3 is 2.83 bits per heavy atom. The van der Waals surface area contributed by atoms with Crippen LogP contribution in [0, 0.1) is 6.92 Å². The quantitative estimate of drug-likeness (QED) is 0.768. The van der Waals surface area contributed by atoms with E-state index < -0.39 is 0 Å². The third-order valence-electron chi connectivity index (χ3n) is 3.12. The van der Waals surface area contributed by atoms with E-state index in [1.165, 1.54) is 0 Å². The molecule has 0 spiro atoms. The minimum absolute atomic E-state index is 0.750. The second-order valence-electron chi connectivity index (χ2n) is 4.57. The molecule has 0 unspecified atom stereocenters. The zero-order valence-electron chi connectivity index (χ0n) is 10.8. The predicted octanol–water partition coefficient (Wildman–Crippen LogP) is 2.75. The average Bonchev–Trinajstić information content (AvgIpc) is 2.38. The maximum atomic E-state index is 5.91. The van der Waals surface area contributed by atoms with E-state index in [4.69, 9.17) is 21.1 Å². The smallest absolute Gasteiger partial charge is 0.122 e. The minimum Gasteiger partial charge on any atom is -0.493 e. The lowest BCUT2D eigenvalue weighted by Crippen LogP contribution is -2.37. The van der Waals surface area contributed by atoms with Crippen molar-refractivity contribution in [1.82, 2.24) is 4.90 Å². The molecule has 2 rings (SSSR count). The highest BCUT2D eigenvalue weighted by molar-refractivity contribution is 6.30. The summed E-state index contributed by atoms with van der Waals surface area (Å²) < 4.78 is 11.1. The number of aryl methyl sites for hydroxylation is 1. The highest BCUT2D eigenvalue weighted by Crippen LogP contribution is 2.21. The Labute approximate surface area is 114 Å². The van der Waals surface area contributed by atoms with E-state index in [2.05, 4.69) is 4.90 Å². The summed E-state index contributed by atoms with van der Waals surface area (Å²) in [6.07, 6.45) is 1.04. The molecule has 100 valence electrons. The van der Waals surface area contributed by atoms with E-state index in [0.717, 1.165) is 62.2 Å². The van der Waals surface area contributed by atoms with Crippen LogP contribution in [0.15, 0.2) is 18.2 Å². The van der Waals surface area contributed by atoms with E-state index in [0.29, 0.717) is 0 Å². The zero-order valence-corrected chi connectivity index (χ0v) is 11.6. The van der Waals surface area contributed by atoms with Crippen LogP contribution in [0.3, 0.4) is 0 Å². The van der Waals surface area contributed by atoms with Gasteiger partial charge in [0, 0.05) is 24.7 Å². The molecule has 3 nitrogen and oxygen atoms in total. The molecule has 1 fully saturated rings. The molecule has 0 aromatic heterocycles. The summed E-state index contributed by atoms with van der Waals surface area (Å²) in [6, 6.07) is 5.73. The van der Waals surface area contributed by atoms with E-state index >= 15 is 0 Å². The van der Waals surface area contributed by atoms with Gasteiger partial charge in [-0.2, -0.15) is 0 Å². The van der Waals surface area contributed by atoms with Gasteiger partial charge < -0.3 is 9.47 Å². The topological polar surface area (TPSA) is 21.7 Å². The summed E-state index contributed by atoms with van der Waals surface area (Å²) in [4.78, 5) is 2.42. The van der Waals surface area contributed by atoms with Crippen molar-refractivity contribution in [3.63, 3.8) is 0 Å². The molecule has 18 heavy (non-hydrogen) atoms. The highest BCUT2D eigenvalue weighted by Gasteiger charge is 2.09. The van der Waals surface area contributed by atoms with Gasteiger partial charge in [0.2, 0.25) is 0 Å². The summed E-state index contributed by atoms with van der Waals surface area (Å²) >= 11 is 5.91. The molecule has 1 aromatic carbocycles. The number of nitrogens with zero attached hydrogens (tertiary/aromatic N) is 1. The number of halogens is 1. The molecular formula is C14H20ClNO2. The predicted molar refractivity (Wildman–Crippen MR) is 73.6 cm³/mol. The maximum Gasteiger partial charge on any atom is 0.122 e. The largest absolute Gasteiger partial charge is 0.493 e. The van der Waals surface area contributed by atoms with Gasteiger partial charge >= 0.3 is 0 Å². The number of morpholine rings is 1. The average molecular weight is 270 g/mol. The first-order valence-electron chi connectivity index (χ1n) is 6.45. The van der Waals surface area contributed by atoms with Crippen molar-refractivity contribution in [2.45, 2.75) is 13.3 Å². The number of ether oxygens (including phenoxy) is 2. The summed E-state index contributed by atoms with van der Waals surface area (Å²) in [5.74, 6) is 0.932. The summed E-state index contributed by atoms with van der Waals surface area (Å²) in [6.45, 7) is 7.65. The fraction of sp³-hybridized carbons (Fsp3) is 0.571. The molecule has 0 N–H and O–H groups in total. The Kier molecular flexibility index (Phi) is 5.29. The lowest BCUT2D eigenvalue weighted by Gasteiger charge is -2.26. The van der Waals surface area contributed by atoms with Crippen LogP contribution in [0.25, 0.3) is 0 Å². The Morgan fingerprint density at radius 2 is 2.11 bits per heavy atom. The number of hydrogen-bond donors (Lipinski definition) is 0. The second kappa shape index (κ2) is 6.98. The zero-order chi connectivity index (χ0) is 12.8. The third-order valence-corrected chi connectivity index (χ3v) is 3.35. The van der Waals surface area contributed by atoms with Gasteiger partial charge in [0.1, 0.15) is 5.75 Å². The van der Waals surface area contributed by atoms with Crippen molar-refractivity contribution < 1.29 is 9.47 Å². The Morgan fingerprint density at radius 1 is 1.33 bits per heavy atom. The van der Waals surface area contributed by atoms with Crippen molar-refractivity contribution in [3.05, 3.63) is 28.8 Å².